The lowest BCUT2D eigenvalue weighted by molar-refractivity contribution is 0.00502. The Bertz CT molecular complexity index is 1540. The van der Waals surface area contributed by atoms with Gasteiger partial charge in [0.05, 0.1) is 49.7 Å². The van der Waals surface area contributed by atoms with Crippen LogP contribution in [-0.4, -0.2) is 97.7 Å². The molecule has 0 spiro atoms. The number of nitrogens with zero attached hydrogens (tertiary/aromatic N) is 8. The Balaban J connectivity index is 1.12. The molecule has 2 fully saturated rings. The summed E-state index contributed by atoms with van der Waals surface area (Å²) in [4.78, 5) is 15.8. The van der Waals surface area contributed by atoms with Crippen molar-refractivity contribution in [3.63, 3.8) is 0 Å². The molecule has 1 aliphatic carbocycles. The summed E-state index contributed by atoms with van der Waals surface area (Å²) in [6.45, 7) is 8.74. The minimum absolute atomic E-state index is 0.0931. The number of hydrogen-bond acceptors (Lipinski definition) is 11. The molecule has 1 saturated carbocycles. The van der Waals surface area contributed by atoms with Crippen LogP contribution in [-0.2, 0) is 16.0 Å². The van der Waals surface area contributed by atoms with Crippen molar-refractivity contribution in [3.05, 3.63) is 54.5 Å². The van der Waals surface area contributed by atoms with Gasteiger partial charge in [0.1, 0.15) is 30.2 Å². The van der Waals surface area contributed by atoms with E-state index in [1.165, 1.54) is 6.33 Å². The summed E-state index contributed by atoms with van der Waals surface area (Å²) in [5.41, 5.74) is 2.46. The Morgan fingerprint density at radius 3 is 2.51 bits per heavy atom. The predicted molar refractivity (Wildman–Crippen MR) is 178 cm³/mol. The first-order valence-electron chi connectivity index (χ1n) is 16.4. The molecule has 0 amide bonds. The van der Waals surface area contributed by atoms with Crippen LogP contribution in [0, 0.1) is 0 Å². The van der Waals surface area contributed by atoms with E-state index in [2.05, 4.69) is 34.9 Å². The second-order valence-corrected chi connectivity index (χ2v) is 12.6. The van der Waals surface area contributed by atoms with Gasteiger partial charge in [-0.25, -0.2) is 19.6 Å². The highest BCUT2D eigenvalue weighted by atomic mass is 35.5. The molecule has 47 heavy (non-hydrogen) atoms. The fraction of sp³-hybridized carbons (Fsp3) is 0.545. The van der Waals surface area contributed by atoms with Crippen molar-refractivity contribution >= 4 is 23.2 Å². The molecule has 2 atom stereocenters. The SMILES string of the molecule is CO[C@@H](C)CCOc1nn([C@H]2CC[C@H](N3CCOCC3)CC2)cc1Nc1ncc(-c2ccc(Cl)c(O[C@@H](C)Cn3cncn3)c2)cn1. The number of benzene rings is 1. The second-order valence-electron chi connectivity index (χ2n) is 12.2. The second kappa shape index (κ2) is 15.9. The van der Waals surface area contributed by atoms with Crippen molar-refractivity contribution in [2.45, 2.75) is 76.8 Å². The molecule has 1 aromatic carbocycles. The van der Waals surface area contributed by atoms with Gasteiger partial charge >= 0.3 is 0 Å². The van der Waals surface area contributed by atoms with Crippen molar-refractivity contribution in [1.29, 1.82) is 0 Å². The van der Waals surface area contributed by atoms with Crippen molar-refractivity contribution < 1.29 is 18.9 Å². The van der Waals surface area contributed by atoms with Crippen LogP contribution in [0.25, 0.3) is 11.1 Å². The maximum Gasteiger partial charge on any atom is 0.256 e. The number of anilines is 2. The van der Waals surface area contributed by atoms with E-state index in [0.29, 0.717) is 47.8 Å². The zero-order valence-corrected chi connectivity index (χ0v) is 28.1. The molecular formula is C33H44ClN9O4. The van der Waals surface area contributed by atoms with Gasteiger partial charge in [0.15, 0.2) is 0 Å². The molecule has 2 aliphatic rings. The number of methoxy groups -OCH3 is 1. The number of aromatic nitrogens is 7. The highest BCUT2D eigenvalue weighted by molar-refractivity contribution is 6.32. The summed E-state index contributed by atoms with van der Waals surface area (Å²) >= 11 is 6.47. The van der Waals surface area contributed by atoms with Gasteiger partial charge in [-0.15, -0.1) is 5.10 Å². The number of nitrogens with one attached hydrogen (secondary N) is 1. The Hall–Kier alpha value is -3.78. The van der Waals surface area contributed by atoms with Crippen LogP contribution in [0.4, 0.5) is 11.6 Å². The molecule has 6 rings (SSSR count). The fourth-order valence-corrected chi connectivity index (χ4v) is 6.27. The first-order valence-corrected chi connectivity index (χ1v) is 16.8. The summed E-state index contributed by atoms with van der Waals surface area (Å²) in [7, 11) is 1.71. The maximum atomic E-state index is 6.47. The first-order chi connectivity index (χ1) is 22.9. The molecule has 1 aliphatic heterocycles. The van der Waals surface area contributed by atoms with E-state index in [9.17, 15) is 0 Å². The first kappa shape index (κ1) is 33.1. The van der Waals surface area contributed by atoms with Gasteiger partial charge in [-0.3, -0.25) is 9.58 Å². The minimum Gasteiger partial charge on any atom is -0.487 e. The average Bonchev–Trinajstić information content (AvgIpc) is 3.76. The van der Waals surface area contributed by atoms with Crippen molar-refractivity contribution in [1.82, 2.24) is 39.4 Å². The van der Waals surface area contributed by atoms with Gasteiger partial charge in [-0.05, 0) is 57.2 Å². The number of hydrogen-bond donors (Lipinski definition) is 1. The van der Waals surface area contributed by atoms with Gasteiger partial charge < -0.3 is 24.3 Å². The van der Waals surface area contributed by atoms with E-state index in [1.54, 1.807) is 30.5 Å². The molecule has 4 aromatic rings. The van der Waals surface area contributed by atoms with Crippen molar-refractivity contribution in [2.24, 2.45) is 0 Å². The van der Waals surface area contributed by atoms with Crippen LogP contribution in [0.2, 0.25) is 5.02 Å². The quantitative estimate of drug-likeness (QED) is 0.186. The summed E-state index contributed by atoms with van der Waals surface area (Å²) < 4.78 is 27.0. The lowest BCUT2D eigenvalue weighted by Crippen LogP contribution is -2.45. The zero-order valence-electron chi connectivity index (χ0n) is 27.3. The normalized spacial score (nSPS) is 20.1. The predicted octanol–water partition coefficient (Wildman–Crippen LogP) is 5.42. The number of morpholine rings is 1. The average molecular weight is 666 g/mol. The maximum absolute atomic E-state index is 6.47. The number of rotatable bonds is 14. The Labute approximate surface area is 280 Å². The lowest BCUT2D eigenvalue weighted by Gasteiger charge is -2.38. The van der Waals surface area contributed by atoms with Gasteiger partial charge in [0.2, 0.25) is 5.95 Å². The highest BCUT2D eigenvalue weighted by Crippen LogP contribution is 2.35. The molecule has 0 unspecified atom stereocenters. The largest absolute Gasteiger partial charge is 0.487 e. The van der Waals surface area contributed by atoms with Crippen LogP contribution in [0.1, 0.15) is 52.0 Å². The van der Waals surface area contributed by atoms with Gasteiger partial charge in [0.25, 0.3) is 5.88 Å². The van der Waals surface area contributed by atoms with Crippen molar-refractivity contribution in [2.75, 3.05) is 45.3 Å². The molecule has 14 heteroatoms. The van der Waals surface area contributed by atoms with E-state index < -0.39 is 0 Å². The van der Waals surface area contributed by atoms with E-state index in [4.69, 9.17) is 35.6 Å². The molecular weight excluding hydrogens is 622 g/mol. The molecule has 3 aromatic heterocycles. The summed E-state index contributed by atoms with van der Waals surface area (Å²) in [5.74, 6) is 1.57. The minimum atomic E-state index is -0.165. The molecule has 0 bridgehead atoms. The Morgan fingerprint density at radius 1 is 1.02 bits per heavy atom. The van der Waals surface area contributed by atoms with E-state index in [0.717, 1.165) is 75.2 Å². The zero-order chi connectivity index (χ0) is 32.6. The number of ether oxygens (including phenoxy) is 4. The molecule has 1 N–H and O–H groups in total. The van der Waals surface area contributed by atoms with Crippen molar-refractivity contribution in [3.8, 4) is 22.8 Å². The summed E-state index contributed by atoms with van der Waals surface area (Å²) in [5, 5.41) is 12.9. The van der Waals surface area contributed by atoms with Crippen LogP contribution >= 0.6 is 11.6 Å². The Kier molecular flexibility index (Phi) is 11.2. The molecule has 0 radical (unpaired) electrons. The van der Waals surface area contributed by atoms with E-state index >= 15 is 0 Å². The molecule has 13 nitrogen and oxygen atoms in total. The fourth-order valence-electron chi connectivity index (χ4n) is 6.10. The third-order valence-corrected chi connectivity index (χ3v) is 9.18. The highest BCUT2D eigenvalue weighted by Gasteiger charge is 2.29. The molecule has 1 saturated heterocycles. The van der Waals surface area contributed by atoms with Gasteiger partial charge in [-0.2, -0.15) is 5.10 Å². The molecule has 252 valence electrons. The third kappa shape index (κ3) is 8.78. The van der Waals surface area contributed by atoms with Gasteiger partial charge in [-0.1, -0.05) is 17.7 Å². The third-order valence-electron chi connectivity index (χ3n) is 8.87. The van der Waals surface area contributed by atoms with E-state index in [-0.39, 0.29) is 12.2 Å². The van der Waals surface area contributed by atoms with Crippen LogP contribution < -0.4 is 14.8 Å². The standard InChI is InChI=1S/C33H44ClN9O4/c1-23(44-3)10-13-46-32-30(20-43(40-32)28-7-5-27(6-8-28)41-11-14-45-15-12-41)39-33-36-17-26(18-37-33)25-4-9-29(34)31(16-25)47-24(2)19-42-22-35-21-38-42/h4,9,16-18,20-24,27-28H,5-8,10-15,19H2,1-3H3,(H,36,37,39)/t23-,24-,27-,28-/m0/s1. The topological polar surface area (TPSA) is 127 Å². The number of halogens is 1. The lowest BCUT2D eigenvalue weighted by atomic mass is 9.90. The Morgan fingerprint density at radius 2 is 1.79 bits per heavy atom. The summed E-state index contributed by atoms with van der Waals surface area (Å²) in [6.07, 6.45) is 13.9. The van der Waals surface area contributed by atoms with Crippen LogP contribution in [0.3, 0.4) is 0 Å². The van der Waals surface area contributed by atoms with Crippen LogP contribution in [0.5, 0.6) is 11.6 Å². The summed E-state index contributed by atoms with van der Waals surface area (Å²) in [6, 6.07) is 6.57. The monoisotopic (exact) mass is 665 g/mol. The molecule has 4 heterocycles. The van der Waals surface area contributed by atoms with Crippen LogP contribution in [0.15, 0.2) is 49.4 Å². The van der Waals surface area contributed by atoms with Gasteiger partial charge in [0, 0.05) is 50.6 Å². The smallest absolute Gasteiger partial charge is 0.256 e. The van der Waals surface area contributed by atoms with E-state index in [1.807, 2.05) is 38.2 Å².